The number of hydrogen-bond acceptors (Lipinski definition) is 5. The standard InChI is InChI=1S/C28H27ClN4O4/c1-4-31(16-20-8-6-5-7-9-20)26-30-27(36)32(17-21-11-10-18(2)19(3)14-21)28(37)33(26)22-12-13-23(25(34)35)24(29)15-22/h5-15H,4,16-17H2,1-3H3,(H,34,35). The molecule has 190 valence electrons. The molecule has 37 heavy (non-hydrogen) atoms. The van der Waals surface area contributed by atoms with E-state index in [1.165, 1.54) is 22.8 Å². The number of aromatic carboxylic acids is 1. The van der Waals surface area contributed by atoms with Crippen LogP contribution in [0.4, 0.5) is 5.95 Å². The maximum absolute atomic E-state index is 13.9. The van der Waals surface area contributed by atoms with Crippen LogP contribution in [0.15, 0.2) is 76.3 Å². The van der Waals surface area contributed by atoms with E-state index in [1.807, 2.05) is 74.2 Å². The Hall–Kier alpha value is -4.17. The summed E-state index contributed by atoms with van der Waals surface area (Å²) in [5.74, 6) is -1.03. The molecule has 0 bridgehead atoms. The molecule has 0 spiro atoms. The molecule has 0 aliphatic carbocycles. The minimum atomic E-state index is -1.18. The summed E-state index contributed by atoms with van der Waals surface area (Å²) >= 11 is 6.26. The lowest BCUT2D eigenvalue weighted by Crippen LogP contribution is -2.44. The number of carboxylic acids is 1. The van der Waals surface area contributed by atoms with Crippen LogP contribution in [0, 0.1) is 13.8 Å². The fourth-order valence-electron chi connectivity index (χ4n) is 4.09. The van der Waals surface area contributed by atoms with E-state index in [0.717, 1.165) is 26.8 Å². The van der Waals surface area contributed by atoms with E-state index in [4.69, 9.17) is 11.6 Å². The lowest BCUT2D eigenvalue weighted by atomic mass is 10.1. The fraction of sp³-hybridized carbons (Fsp3) is 0.214. The second-order valence-corrected chi connectivity index (χ2v) is 9.19. The average Bonchev–Trinajstić information content (AvgIpc) is 2.87. The summed E-state index contributed by atoms with van der Waals surface area (Å²) in [5.41, 5.74) is 2.87. The van der Waals surface area contributed by atoms with Crippen molar-refractivity contribution in [2.45, 2.75) is 33.9 Å². The zero-order valence-corrected chi connectivity index (χ0v) is 21.6. The molecule has 0 radical (unpaired) electrons. The maximum Gasteiger partial charge on any atom is 0.355 e. The number of aromatic nitrogens is 3. The third-order valence-electron chi connectivity index (χ3n) is 6.28. The third-order valence-corrected chi connectivity index (χ3v) is 6.60. The first-order valence-electron chi connectivity index (χ1n) is 11.8. The molecule has 0 amide bonds. The van der Waals surface area contributed by atoms with Crippen LogP contribution in [0.5, 0.6) is 0 Å². The predicted octanol–water partition coefficient (Wildman–Crippen LogP) is 4.44. The van der Waals surface area contributed by atoms with Crippen LogP contribution in [0.2, 0.25) is 5.02 Å². The second-order valence-electron chi connectivity index (χ2n) is 8.79. The number of anilines is 1. The van der Waals surface area contributed by atoms with Crippen molar-refractivity contribution >= 4 is 23.5 Å². The molecular weight excluding hydrogens is 492 g/mol. The van der Waals surface area contributed by atoms with Gasteiger partial charge in [0.05, 0.1) is 22.8 Å². The second kappa shape index (κ2) is 10.8. The van der Waals surface area contributed by atoms with Gasteiger partial charge in [-0.15, -0.1) is 0 Å². The number of halogens is 1. The molecule has 1 heterocycles. The molecule has 3 aromatic carbocycles. The summed E-state index contributed by atoms with van der Waals surface area (Å²) in [4.78, 5) is 44.7. The third kappa shape index (κ3) is 5.49. The van der Waals surface area contributed by atoms with Crippen molar-refractivity contribution in [2.24, 2.45) is 0 Å². The normalized spacial score (nSPS) is 10.9. The van der Waals surface area contributed by atoms with Gasteiger partial charge < -0.3 is 10.0 Å². The van der Waals surface area contributed by atoms with E-state index in [-0.39, 0.29) is 23.1 Å². The molecular formula is C28H27ClN4O4. The first-order chi connectivity index (χ1) is 17.7. The van der Waals surface area contributed by atoms with E-state index in [1.54, 1.807) is 0 Å². The Labute approximate surface area is 219 Å². The largest absolute Gasteiger partial charge is 0.478 e. The quantitative estimate of drug-likeness (QED) is 0.370. The Morgan fingerprint density at radius 3 is 2.32 bits per heavy atom. The molecule has 0 aliphatic rings. The van der Waals surface area contributed by atoms with E-state index >= 15 is 0 Å². The molecule has 4 rings (SSSR count). The maximum atomic E-state index is 13.9. The summed E-state index contributed by atoms with van der Waals surface area (Å²) in [5, 5.41) is 9.37. The number of aryl methyl sites for hydroxylation is 2. The van der Waals surface area contributed by atoms with Crippen LogP contribution in [0.25, 0.3) is 5.69 Å². The van der Waals surface area contributed by atoms with Gasteiger partial charge >= 0.3 is 17.3 Å². The predicted molar refractivity (Wildman–Crippen MR) is 144 cm³/mol. The lowest BCUT2D eigenvalue weighted by molar-refractivity contribution is 0.0697. The summed E-state index contributed by atoms with van der Waals surface area (Å²) in [7, 11) is 0. The van der Waals surface area contributed by atoms with Crippen LogP contribution in [0.3, 0.4) is 0 Å². The highest BCUT2D eigenvalue weighted by molar-refractivity contribution is 6.33. The minimum absolute atomic E-state index is 0.0270. The van der Waals surface area contributed by atoms with Crippen molar-refractivity contribution < 1.29 is 9.90 Å². The van der Waals surface area contributed by atoms with Crippen LogP contribution >= 0.6 is 11.6 Å². The van der Waals surface area contributed by atoms with Gasteiger partial charge in [0.2, 0.25) is 5.95 Å². The molecule has 0 fully saturated rings. The molecule has 1 aromatic heterocycles. The number of rotatable bonds is 8. The Kier molecular flexibility index (Phi) is 7.59. The highest BCUT2D eigenvalue weighted by Gasteiger charge is 2.21. The van der Waals surface area contributed by atoms with Crippen LogP contribution in [-0.2, 0) is 13.1 Å². The van der Waals surface area contributed by atoms with Gasteiger partial charge in [-0.25, -0.2) is 23.5 Å². The van der Waals surface area contributed by atoms with Crippen LogP contribution < -0.4 is 16.3 Å². The summed E-state index contributed by atoms with van der Waals surface area (Å²) in [6.45, 7) is 6.77. The molecule has 9 heteroatoms. The molecule has 0 saturated heterocycles. The Balaban J connectivity index is 1.91. The average molecular weight is 519 g/mol. The van der Waals surface area contributed by atoms with Crippen molar-refractivity contribution in [3.8, 4) is 5.69 Å². The van der Waals surface area contributed by atoms with Crippen molar-refractivity contribution in [1.82, 2.24) is 14.1 Å². The first-order valence-corrected chi connectivity index (χ1v) is 12.2. The van der Waals surface area contributed by atoms with Crippen molar-refractivity contribution in [3.63, 3.8) is 0 Å². The molecule has 1 N–H and O–H groups in total. The van der Waals surface area contributed by atoms with Crippen molar-refractivity contribution in [1.29, 1.82) is 0 Å². The Morgan fingerprint density at radius 2 is 1.70 bits per heavy atom. The zero-order valence-electron chi connectivity index (χ0n) is 20.8. The van der Waals surface area contributed by atoms with Crippen molar-refractivity contribution in [2.75, 3.05) is 11.4 Å². The van der Waals surface area contributed by atoms with Gasteiger partial charge in [-0.3, -0.25) is 0 Å². The summed E-state index contributed by atoms with van der Waals surface area (Å²) in [6, 6.07) is 19.6. The van der Waals surface area contributed by atoms with E-state index in [0.29, 0.717) is 18.8 Å². The van der Waals surface area contributed by atoms with Gasteiger partial charge in [-0.1, -0.05) is 60.1 Å². The van der Waals surface area contributed by atoms with Gasteiger partial charge in [0, 0.05) is 13.1 Å². The van der Waals surface area contributed by atoms with Crippen LogP contribution in [0.1, 0.15) is 39.5 Å². The molecule has 8 nitrogen and oxygen atoms in total. The molecule has 4 aromatic rings. The lowest BCUT2D eigenvalue weighted by Gasteiger charge is -2.25. The first kappa shape index (κ1) is 25.9. The zero-order chi connectivity index (χ0) is 26.7. The fourth-order valence-corrected chi connectivity index (χ4v) is 4.34. The Bertz CT molecular complexity index is 1580. The minimum Gasteiger partial charge on any atom is -0.478 e. The van der Waals surface area contributed by atoms with Crippen molar-refractivity contribution in [3.05, 3.63) is 121 Å². The van der Waals surface area contributed by atoms with Crippen LogP contribution in [-0.4, -0.2) is 31.7 Å². The summed E-state index contributed by atoms with van der Waals surface area (Å²) < 4.78 is 2.38. The smallest absolute Gasteiger partial charge is 0.355 e. The Morgan fingerprint density at radius 1 is 0.973 bits per heavy atom. The van der Waals surface area contributed by atoms with E-state index in [9.17, 15) is 19.5 Å². The van der Waals surface area contributed by atoms with Gasteiger partial charge in [-0.2, -0.15) is 4.98 Å². The van der Waals surface area contributed by atoms with E-state index in [2.05, 4.69) is 4.98 Å². The van der Waals surface area contributed by atoms with Gasteiger partial charge in [0.15, 0.2) is 0 Å². The van der Waals surface area contributed by atoms with Gasteiger partial charge in [0.1, 0.15) is 0 Å². The number of nitrogens with zero attached hydrogens (tertiary/aromatic N) is 4. The number of carbonyl (C=O) groups is 1. The molecule has 0 unspecified atom stereocenters. The van der Waals surface area contributed by atoms with Gasteiger partial charge in [0.25, 0.3) is 0 Å². The number of hydrogen-bond donors (Lipinski definition) is 1. The molecule has 0 aliphatic heterocycles. The van der Waals surface area contributed by atoms with Gasteiger partial charge in [-0.05, 0) is 61.2 Å². The monoisotopic (exact) mass is 518 g/mol. The number of benzene rings is 3. The number of carboxylic acid groups (broad SMARTS) is 1. The van der Waals surface area contributed by atoms with E-state index < -0.39 is 17.3 Å². The topological polar surface area (TPSA) is 97.4 Å². The summed E-state index contributed by atoms with van der Waals surface area (Å²) in [6.07, 6.45) is 0. The SMILES string of the molecule is CCN(Cc1ccccc1)c1nc(=O)n(Cc2ccc(C)c(C)c2)c(=O)n1-c1ccc(C(=O)O)c(Cl)c1. The highest BCUT2D eigenvalue weighted by atomic mass is 35.5. The molecule has 0 saturated carbocycles. The molecule has 0 atom stereocenters. The highest BCUT2D eigenvalue weighted by Crippen LogP contribution is 2.23.